The van der Waals surface area contributed by atoms with Crippen LogP contribution in [-0.4, -0.2) is 58.0 Å². The van der Waals surface area contributed by atoms with E-state index in [2.05, 4.69) is 15.1 Å². The Balaban J connectivity index is 1.07. The minimum atomic E-state index is -0.253. The van der Waals surface area contributed by atoms with Gasteiger partial charge in [-0.15, -0.1) is 0 Å². The minimum Gasteiger partial charge on any atom is -0.303 e. The van der Waals surface area contributed by atoms with Crippen LogP contribution in [0.15, 0.2) is 18.2 Å². The van der Waals surface area contributed by atoms with Crippen molar-refractivity contribution in [2.75, 3.05) is 26.2 Å². The van der Waals surface area contributed by atoms with Crippen molar-refractivity contribution in [1.82, 2.24) is 20.0 Å². The second kappa shape index (κ2) is 8.69. The molecule has 1 aliphatic carbocycles. The van der Waals surface area contributed by atoms with Gasteiger partial charge in [0.15, 0.2) is 0 Å². The standard InChI is InChI=1S/C24H31FN4O2/c25-17-7-8-20-21(15-17)26-27-22(20)16-9-13-28(14-10-16)11-3-4-12-29-23(30)18-5-1-2-6-19(18)24(29)31/h7-8,15-16,18-19H,1-6,9-14H2,(H,26,27). The van der Waals surface area contributed by atoms with Crippen LogP contribution < -0.4 is 0 Å². The number of nitrogens with zero attached hydrogens (tertiary/aromatic N) is 3. The van der Waals surface area contributed by atoms with Crippen LogP contribution >= 0.6 is 0 Å². The Morgan fingerprint density at radius 3 is 2.35 bits per heavy atom. The molecule has 2 amide bonds. The summed E-state index contributed by atoms with van der Waals surface area (Å²) in [6.07, 6.45) is 7.94. The van der Waals surface area contributed by atoms with E-state index < -0.39 is 0 Å². The molecule has 31 heavy (non-hydrogen) atoms. The van der Waals surface area contributed by atoms with Gasteiger partial charge in [0.25, 0.3) is 0 Å². The number of fused-ring (bicyclic) bond motifs is 2. The van der Waals surface area contributed by atoms with E-state index >= 15 is 0 Å². The zero-order chi connectivity index (χ0) is 21.4. The van der Waals surface area contributed by atoms with Crippen LogP contribution in [0.25, 0.3) is 10.9 Å². The third-order valence-corrected chi connectivity index (χ3v) is 7.58. The van der Waals surface area contributed by atoms with Gasteiger partial charge in [0.1, 0.15) is 5.82 Å². The molecule has 2 saturated heterocycles. The Hall–Kier alpha value is -2.28. The first kappa shape index (κ1) is 20.6. The van der Waals surface area contributed by atoms with E-state index in [1.54, 1.807) is 4.90 Å². The quantitative estimate of drug-likeness (QED) is 0.563. The molecule has 3 aliphatic rings. The Morgan fingerprint density at radius 2 is 1.65 bits per heavy atom. The van der Waals surface area contributed by atoms with Crippen molar-refractivity contribution in [3.8, 4) is 0 Å². The van der Waals surface area contributed by atoms with Crippen molar-refractivity contribution in [3.63, 3.8) is 0 Å². The third kappa shape index (κ3) is 4.00. The maximum absolute atomic E-state index is 13.4. The van der Waals surface area contributed by atoms with Gasteiger partial charge in [-0.3, -0.25) is 19.6 Å². The van der Waals surface area contributed by atoms with E-state index in [0.717, 1.165) is 82.1 Å². The number of amides is 2. The summed E-state index contributed by atoms with van der Waals surface area (Å²) in [6.45, 7) is 3.64. The van der Waals surface area contributed by atoms with E-state index in [0.29, 0.717) is 18.0 Å². The number of unbranched alkanes of at least 4 members (excludes halogenated alkanes) is 1. The van der Waals surface area contributed by atoms with Gasteiger partial charge in [0.2, 0.25) is 11.8 Å². The fourth-order valence-corrected chi connectivity index (χ4v) is 5.82. The molecule has 2 unspecified atom stereocenters. The summed E-state index contributed by atoms with van der Waals surface area (Å²) in [5, 5.41) is 8.43. The number of halogens is 1. The SMILES string of the molecule is O=C1C2CCCCC2C(=O)N1CCCCN1CCC(c2[nH]nc3cc(F)ccc23)CC1. The molecule has 0 spiro atoms. The van der Waals surface area contributed by atoms with Crippen molar-refractivity contribution in [3.05, 3.63) is 29.7 Å². The molecule has 166 valence electrons. The molecule has 2 aliphatic heterocycles. The highest BCUT2D eigenvalue weighted by Crippen LogP contribution is 2.38. The Kier molecular flexibility index (Phi) is 5.78. The number of hydrogen-bond donors (Lipinski definition) is 1. The van der Waals surface area contributed by atoms with Gasteiger partial charge < -0.3 is 4.90 Å². The number of aromatic amines is 1. The van der Waals surface area contributed by atoms with Gasteiger partial charge in [0.05, 0.1) is 17.4 Å². The average molecular weight is 427 g/mol. The van der Waals surface area contributed by atoms with Crippen LogP contribution in [0.5, 0.6) is 0 Å². The molecule has 0 bridgehead atoms. The Bertz CT molecular complexity index is 942. The molecule has 3 fully saturated rings. The van der Waals surface area contributed by atoms with Gasteiger partial charge in [0, 0.05) is 29.6 Å². The molecule has 1 aromatic carbocycles. The highest BCUT2D eigenvalue weighted by atomic mass is 19.1. The summed E-state index contributed by atoms with van der Waals surface area (Å²) < 4.78 is 13.4. The van der Waals surface area contributed by atoms with Gasteiger partial charge in [-0.25, -0.2) is 4.39 Å². The zero-order valence-electron chi connectivity index (χ0n) is 18.0. The molecule has 1 saturated carbocycles. The van der Waals surface area contributed by atoms with E-state index in [1.165, 1.54) is 12.1 Å². The maximum atomic E-state index is 13.4. The lowest BCUT2D eigenvalue weighted by molar-refractivity contribution is -0.140. The lowest BCUT2D eigenvalue weighted by Crippen LogP contribution is -2.35. The fourth-order valence-electron chi connectivity index (χ4n) is 5.82. The van der Waals surface area contributed by atoms with Crippen LogP contribution in [0.3, 0.4) is 0 Å². The molecular weight excluding hydrogens is 395 g/mol. The smallest absolute Gasteiger partial charge is 0.233 e. The van der Waals surface area contributed by atoms with E-state index in [-0.39, 0.29) is 29.5 Å². The third-order valence-electron chi connectivity index (χ3n) is 7.58. The first-order chi connectivity index (χ1) is 15.1. The zero-order valence-corrected chi connectivity index (χ0v) is 18.0. The summed E-state index contributed by atoms with van der Waals surface area (Å²) in [4.78, 5) is 29.2. The number of piperidine rings is 1. The number of carbonyl (C=O) groups excluding carboxylic acids is 2. The second-order valence-electron chi connectivity index (χ2n) is 9.45. The number of carbonyl (C=O) groups is 2. The van der Waals surface area contributed by atoms with Crippen LogP contribution in [0.4, 0.5) is 4.39 Å². The number of benzene rings is 1. The molecule has 2 atom stereocenters. The Labute approximate surface area is 182 Å². The lowest BCUT2D eigenvalue weighted by Gasteiger charge is -2.31. The van der Waals surface area contributed by atoms with Gasteiger partial charge in [-0.1, -0.05) is 12.8 Å². The lowest BCUT2D eigenvalue weighted by atomic mass is 9.81. The van der Waals surface area contributed by atoms with Crippen molar-refractivity contribution in [2.45, 2.75) is 57.3 Å². The first-order valence-electron chi connectivity index (χ1n) is 11.8. The average Bonchev–Trinajstić information content (AvgIpc) is 3.31. The van der Waals surface area contributed by atoms with E-state index in [4.69, 9.17) is 0 Å². The molecule has 1 aromatic heterocycles. The summed E-state index contributed by atoms with van der Waals surface area (Å²) in [5.74, 6) is 0.279. The number of hydrogen-bond acceptors (Lipinski definition) is 4. The molecule has 3 heterocycles. The maximum Gasteiger partial charge on any atom is 0.233 e. The van der Waals surface area contributed by atoms with E-state index in [1.807, 2.05) is 6.07 Å². The van der Waals surface area contributed by atoms with Crippen LogP contribution in [0, 0.1) is 17.7 Å². The summed E-state index contributed by atoms with van der Waals surface area (Å²) in [6, 6.07) is 4.81. The number of aromatic nitrogens is 2. The second-order valence-corrected chi connectivity index (χ2v) is 9.45. The molecule has 1 N–H and O–H groups in total. The normalized spacial score (nSPS) is 25.5. The molecule has 2 aromatic rings. The van der Waals surface area contributed by atoms with Gasteiger partial charge in [-0.05, 0) is 70.3 Å². The highest BCUT2D eigenvalue weighted by molar-refractivity contribution is 6.05. The predicted molar refractivity (Wildman–Crippen MR) is 116 cm³/mol. The highest BCUT2D eigenvalue weighted by Gasteiger charge is 2.47. The van der Waals surface area contributed by atoms with Gasteiger partial charge >= 0.3 is 0 Å². The van der Waals surface area contributed by atoms with Crippen molar-refractivity contribution in [1.29, 1.82) is 0 Å². The summed E-state index contributed by atoms with van der Waals surface area (Å²) in [5.41, 5.74) is 1.82. The van der Waals surface area contributed by atoms with Crippen molar-refractivity contribution >= 4 is 22.7 Å². The molecular formula is C24H31FN4O2. The summed E-state index contributed by atoms with van der Waals surface area (Å²) >= 11 is 0. The number of H-pyrrole nitrogens is 1. The first-order valence-corrected chi connectivity index (χ1v) is 11.8. The topological polar surface area (TPSA) is 69.3 Å². The Morgan fingerprint density at radius 1 is 0.968 bits per heavy atom. The van der Waals surface area contributed by atoms with Crippen LogP contribution in [0.1, 0.15) is 63.0 Å². The monoisotopic (exact) mass is 426 g/mol. The van der Waals surface area contributed by atoms with E-state index in [9.17, 15) is 14.0 Å². The van der Waals surface area contributed by atoms with Crippen molar-refractivity contribution in [2.24, 2.45) is 11.8 Å². The molecule has 7 heteroatoms. The minimum absolute atomic E-state index is 0.0321. The number of imide groups is 1. The summed E-state index contributed by atoms with van der Waals surface area (Å²) in [7, 11) is 0. The molecule has 5 rings (SSSR count). The molecule has 0 radical (unpaired) electrons. The largest absolute Gasteiger partial charge is 0.303 e. The number of likely N-dealkylation sites (tertiary alicyclic amines) is 2. The predicted octanol–water partition coefficient (Wildman–Crippen LogP) is 3.84. The van der Waals surface area contributed by atoms with Crippen LogP contribution in [-0.2, 0) is 9.59 Å². The fraction of sp³-hybridized carbons (Fsp3) is 0.625. The van der Waals surface area contributed by atoms with Crippen molar-refractivity contribution < 1.29 is 14.0 Å². The van der Waals surface area contributed by atoms with Crippen LogP contribution in [0.2, 0.25) is 0 Å². The molecule has 6 nitrogen and oxygen atoms in total. The van der Waals surface area contributed by atoms with Gasteiger partial charge in [-0.2, -0.15) is 5.10 Å². The number of rotatable bonds is 6. The number of nitrogens with one attached hydrogen (secondary N) is 1.